The number of ether oxygens (including phenoxy) is 2. The Morgan fingerprint density at radius 3 is 2.63 bits per heavy atom. The van der Waals surface area contributed by atoms with Crippen molar-refractivity contribution in [1.29, 1.82) is 0 Å². The molecule has 142 valence electrons. The minimum Gasteiger partial charge on any atom is -0.497 e. The van der Waals surface area contributed by atoms with E-state index in [1.807, 2.05) is 18.2 Å². The van der Waals surface area contributed by atoms with E-state index < -0.39 is 0 Å². The van der Waals surface area contributed by atoms with Gasteiger partial charge in [-0.3, -0.25) is 4.79 Å². The third kappa shape index (κ3) is 3.66. The molecule has 1 fully saturated rings. The molecule has 4 rings (SSSR count). The fraction of sp³-hybridized carbons (Fsp3) is 0.435. The minimum absolute atomic E-state index is 0.0212. The molecule has 0 aliphatic heterocycles. The van der Waals surface area contributed by atoms with Gasteiger partial charge in [0, 0.05) is 18.2 Å². The second kappa shape index (κ2) is 7.63. The van der Waals surface area contributed by atoms with E-state index in [9.17, 15) is 4.79 Å². The molecule has 0 heterocycles. The van der Waals surface area contributed by atoms with Crippen LogP contribution in [0.3, 0.4) is 0 Å². The highest BCUT2D eigenvalue weighted by molar-refractivity contribution is 5.85. The number of fused-ring (bicyclic) bond motifs is 1. The van der Waals surface area contributed by atoms with Gasteiger partial charge in [0.15, 0.2) is 0 Å². The van der Waals surface area contributed by atoms with Gasteiger partial charge in [-0.25, -0.2) is 0 Å². The largest absolute Gasteiger partial charge is 0.497 e. The van der Waals surface area contributed by atoms with Crippen molar-refractivity contribution in [1.82, 2.24) is 4.90 Å². The molecule has 4 heteroatoms. The fourth-order valence-electron chi connectivity index (χ4n) is 4.17. The predicted octanol–water partition coefficient (Wildman–Crippen LogP) is 4.31. The van der Waals surface area contributed by atoms with Gasteiger partial charge in [-0.2, -0.15) is 0 Å². The molecule has 27 heavy (non-hydrogen) atoms. The van der Waals surface area contributed by atoms with Crippen molar-refractivity contribution in [2.24, 2.45) is 0 Å². The number of benzene rings is 2. The molecule has 1 atom stereocenters. The fourth-order valence-corrected chi connectivity index (χ4v) is 4.17. The Bertz CT molecular complexity index is 828. The van der Waals surface area contributed by atoms with Crippen molar-refractivity contribution in [2.45, 2.75) is 50.6 Å². The van der Waals surface area contributed by atoms with Gasteiger partial charge in [0.1, 0.15) is 11.5 Å². The molecule has 0 aromatic heterocycles. The molecule has 0 saturated heterocycles. The SMILES string of the molecule is COc1ccc(OC)c(CN(C(=O)[C@@H]2CCCc3ccccc32)C2CC2)c1. The van der Waals surface area contributed by atoms with Gasteiger partial charge in [0.2, 0.25) is 5.91 Å². The lowest BCUT2D eigenvalue weighted by molar-refractivity contribution is -0.134. The van der Waals surface area contributed by atoms with Crippen LogP contribution in [0, 0.1) is 0 Å². The summed E-state index contributed by atoms with van der Waals surface area (Å²) in [7, 11) is 3.33. The Morgan fingerprint density at radius 2 is 1.89 bits per heavy atom. The van der Waals surface area contributed by atoms with Crippen LogP contribution in [0.4, 0.5) is 0 Å². The Kier molecular flexibility index (Phi) is 5.06. The summed E-state index contributed by atoms with van der Waals surface area (Å²) in [4.78, 5) is 15.6. The van der Waals surface area contributed by atoms with Crippen LogP contribution in [0.5, 0.6) is 11.5 Å². The van der Waals surface area contributed by atoms with E-state index in [0.29, 0.717) is 12.6 Å². The van der Waals surface area contributed by atoms with E-state index in [4.69, 9.17) is 9.47 Å². The summed E-state index contributed by atoms with van der Waals surface area (Å²) in [6.45, 7) is 0.572. The summed E-state index contributed by atoms with van der Waals surface area (Å²) < 4.78 is 10.9. The summed E-state index contributed by atoms with van der Waals surface area (Å²) in [6.07, 6.45) is 5.27. The molecule has 2 aromatic carbocycles. The third-order valence-electron chi connectivity index (χ3n) is 5.77. The topological polar surface area (TPSA) is 38.8 Å². The van der Waals surface area contributed by atoms with Crippen LogP contribution >= 0.6 is 0 Å². The van der Waals surface area contributed by atoms with Crippen LogP contribution in [-0.4, -0.2) is 31.1 Å². The van der Waals surface area contributed by atoms with Crippen LogP contribution in [-0.2, 0) is 17.8 Å². The molecule has 0 radical (unpaired) electrons. The lowest BCUT2D eigenvalue weighted by Crippen LogP contribution is -2.37. The first-order chi connectivity index (χ1) is 13.2. The van der Waals surface area contributed by atoms with E-state index in [2.05, 4.69) is 29.2 Å². The quantitative estimate of drug-likeness (QED) is 0.765. The monoisotopic (exact) mass is 365 g/mol. The number of methoxy groups -OCH3 is 2. The normalized spacial score (nSPS) is 18.5. The zero-order valence-electron chi connectivity index (χ0n) is 16.1. The Balaban J connectivity index is 1.62. The first-order valence-corrected chi connectivity index (χ1v) is 9.80. The number of amides is 1. The van der Waals surface area contributed by atoms with E-state index in [0.717, 1.165) is 49.2 Å². The minimum atomic E-state index is -0.0212. The summed E-state index contributed by atoms with van der Waals surface area (Å²) in [5.41, 5.74) is 3.55. The van der Waals surface area contributed by atoms with Crippen LogP contribution in [0.1, 0.15) is 48.3 Å². The zero-order chi connectivity index (χ0) is 18.8. The van der Waals surface area contributed by atoms with Gasteiger partial charge in [-0.1, -0.05) is 24.3 Å². The number of aryl methyl sites for hydroxylation is 1. The molecule has 2 aromatic rings. The van der Waals surface area contributed by atoms with Crippen molar-refractivity contribution in [3.63, 3.8) is 0 Å². The van der Waals surface area contributed by atoms with Gasteiger partial charge < -0.3 is 14.4 Å². The van der Waals surface area contributed by atoms with Crippen LogP contribution in [0.25, 0.3) is 0 Å². The molecule has 1 saturated carbocycles. The number of carbonyl (C=O) groups excluding carboxylic acids is 1. The molecule has 1 amide bonds. The maximum Gasteiger partial charge on any atom is 0.230 e. The summed E-state index contributed by atoms with van der Waals surface area (Å²) >= 11 is 0. The average Bonchev–Trinajstić information content (AvgIpc) is 3.56. The van der Waals surface area contributed by atoms with Gasteiger partial charge in [-0.15, -0.1) is 0 Å². The van der Waals surface area contributed by atoms with E-state index in [1.54, 1.807) is 14.2 Å². The first-order valence-electron chi connectivity index (χ1n) is 9.80. The Morgan fingerprint density at radius 1 is 1.07 bits per heavy atom. The maximum atomic E-state index is 13.6. The van der Waals surface area contributed by atoms with E-state index in [1.165, 1.54) is 11.1 Å². The van der Waals surface area contributed by atoms with Gasteiger partial charge in [0.05, 0.1) is 20.1 Å². The zero-order valence-corrected chi connectivity index (χ0v) is 16.1. The van der Waals surface area contributed by atoms with E-state index >= 15 is 0 Å². The average molecular weight is 365 g/mol. The van der Waals surface area contributed by atoms with Crippen molar-refractivity contribution >= 4 is 5.91 Å². The van der Waals surface area contributed by atoms with Crippen molar-refractivity contribution < 1.29 is 14.3 Å². The number of hydrogen-bond acceptors (Lipinski definition) is 3. The summed E-state index contributed by atoms with van der Waals surface area (Å²) in [6, 6.07) is 14.6. The third-order valence-corrected chi connectivity index (χ3v) is 5.77. The lowest BCUT2D eigenvalue weighted by atomic mass is 9.82. The number of nitrogens with zero attached hydrogens (tertiary/aromatic N) is 1. The van der Waals surface area contributed by atoms with Gasteiger partial charge in [0.25, 0.3) is 0 Å². The lowest BCUT2D eigenvalue weighted by Gasteiger charge is -2.31. The van der Waals surface area contributed by atoms with Crippen molar-refractivity contribution in [3.05, 3.63) is 59.2 Å². The number of carbonyl (C=O) groups is 1. The number of rotatable bonds is 6. The van der Waals surface area contributed by atoms with Crippen molar-refractivity contribution in [3.8, 4) is 11.5 Å². The molecular formula is C23H27NO3. The highest BCUT2D eigenvalue weighted by Crippen LogP contribution is 2.38. The molecule has 0 N–H and O–H groups in total. The summed E-state index contributed by atoms with van der Waals surface area (Å²) in [5.74, 6) is 1.83. The van der Waals surface area contributed by atoms with Gasteiger partial charge >= 0.3 is 0 Å². The highest BCUT2D eigenvalue weighted by Gasteiger charge is 2.38. The predicted molar refractivity (Wildman–Crippen MR) is 105 cm³/mol. The van der Waals surface area contributed by atoms with E-state index in [-0.39, 0.29) is 11.8 Å². The van der Waals surface area contributed by atoms with Crippen LogP contribution in [0.2, 0.25) is 0 Å². The molecule has 4 nitrogen and oxygen atoms in total. The standard InChI is InChI=1S/C23H27NO3/c1-26-19-12-13-22(27-2)17(14-19)15-24(18-10-11-18)23(25)21-9-5-7-16-6-3-4-8-20(16)21/h3-4,6,8,12-14,18,21H,5,7,9-11,15H2,1-2H3/t21-/m1/s1. The Labute approximate surface area is 161 Å². The smallest absolute Gasteiger partial charge is 0.230 e. The second-order valence-electron chi connectivity index (χ2n) is 7.52. The Hall–Kier alpha value is -2.49. The highest BCUT2D eigenvalue weighted by atomic mass is 16.5. The summed E-state index contributed by atoms with van der Waals surface area (Å²) in [5, 5.41) is 0. The van der Waals surface area contributed by atoms with Crippen molar-refractivity contribution in [2.75, 3.05) is 14.2 Å². The first kappa shape index (κ1) is 17.9. The molecule has 0 spiro atoms. The molecule has 2 aliphatic rings. The van der Waals surface area contributed by atoms with Crippen LogP contribution in [0.15, 0.2) is 42.5 Å². The maximum absolute atomic E-state index is 13.6. The molecular weight excluding hydrogens is 338 g/mol. The molecule has 0 unspecified atom stereocenters. The van der Waals surface area contributed by atoms with Crippen LogP contribution < -0.4 is 9.47 Å². The molecule has 2 aliphatic carbocycles. The van der Waals surface area contributed by atoms with Gasteiger partial charge in [-0.05, 0) is 61.4 Å². The second-order valence-corrected chi connectivity index (χ2v) is 7.52. The number of hydrogen-bond donors (Lipinski definition) is 0. The molecule has 0 bridgehead atoms.